The van der Waals surface area contributed by atoms with Crippen molar-refractivity contribution < 1.29 is 14.3 Å². The number of anilines is 3. The number of aromatic nitrogens is 2. The molecular formula is C20H17ClN4O3. The number of nitrogens with zero attached hydrogens (tertiary/aromatic N) is 2. The minimum atomic E-state index is -0.335. The van der Waals surface area contributed by atoms with Gasteiger partial charge in [-0.25, -0.2) is 9.97 Å². The smallest absolute Gasteiger partial charge is 0.274 e. The van der Waals surface area contributed by atoms with Gasteiger partial charge in [0.15, 0.2) is 11.5 Å². The molecule has 0 unspecified atom stereocenters. The zero-order valence-corrected chi connectivity index (χ0v) is 15.8. The largest absolute Gasteiger partial charge is 0.486 e. The first-order valence-electron chi connectivity index (χ1n) is 8.65. The number of halogens is 1. The Hall–Kier alpha value is -3.32. The van der Waals surface area contributed by atoms with Crippen LogP contribution in [0, 0.1) is 6.92 Å². The summed E-state index contributed by atoms with van der Waals surface area (Å²) in [6.45, 7) is 2.92. The highest BCUT2D eigenvalue weighted by molar-refractivity contribution is 6.30. The first-order valence-corrected chi connectivity index (χ1v) is 9.02. The third kappa shape index (κ3) is 3.99. The van der Waals surface area contributed by atoms with Crippen LogP contribution in [0.5, 0.6) is 11.5 Å². The zero-order valence-electron chi connectivity index (χ0n) is 15.0. The molecule has 0 aliphatic carbocycles. The number of carbonyl (C=O) groups excluding carboxylic acids is 1. The molecule has 142 valence electrons. The fourth-order valence-corrected chi connectivity index (χ4v) is 3.00. The number of hydrogen-bond acceptors (Lipinski definition) is 6. The molecule has 1 amide bonds. The van der Waals surface area contributed by atoms with Crippen molar-refractivity contribution in [3.8, 4) is 11.5 Å². The van der Waals surface area contributed by atoms with E-state index in [0.29, 0.717) is 41.2 Å². The number of amides is 1. The SMILES string of the molecule is Cc1cc(Cl)ccc1NC(=O)c1cc(Nc2ccc3c(c2)OCCO3)ncn1. The molecule has 0 fully saturated rings. The van der Waals surface area contributed by atoms with Gasteiger partial charge in [-0.05, 0) is 42.8 Å². The summed E-state index contributed by atoms with van der Waals surface area (Å²) in [6.07, 6.45) is 1.34. The van der Waals surface area contributed by atoms with Crippen molar-refractivity contribution in [3.05, 3.63) is 65.1 Å². The summed E-state index contributed by atoms with van der Waals surface area (Å²) in [5.41, 5.74) is 2.55. The summed E-state index contributed by atoms with van der Waals surface area (Å²) in [5, 5.41) is 6.60. The number of rotatable bonds is 4. The highest BCUT2D eigenvalue weighted by Crippen LogP contribution is 2.33. The fraction of sp³-hybridized carbons (Fsp3) is 0.150. The maximum absolute atomic E-state index is 12.5. The molecule has 0 bridgehead atoms. The zero-order chi connectivity index (χ0) is 19.5. The number of aryl methyl sites for hydroxylation is 1. The van der Waals surface area contributed by atoms with Crippen LogP contribution in [-0.4, -0.2) is 29.1 Å². The predicted molar refractivity (Wildman–Crippen MR) is 107 cm³/mol. The molecule has 0 saturated heterocycles. The van der Waals surface area contributed by atoms with Crippen molar-refractivity contribution in [2.24, 2.45) is 0 Å². The van der Waals surface area contributed by atoms with E-state index in [2.05, 4.69) is 20.6 Å². The Labute approximate surface area is 166 Å². The second kappa shape index (κ2) is 7.74. The van der Waals surface area contributed by atoms with Gasteiger partial charge in [0.2, 0.25) is 0 Å². The Morgan fingerprint density at radius 3 is 2.68 bits per heavy atom. The maximum atomic E-state index is 12.5. The van der Waals surface area contributed by atoms with Crippen LogP contribution in [0.15, 0.2) is 48.8 Å². The summed E-state index contributed by atoms with van der Waals surface area (Å²) in [5.74, 6) is 1.53. The van der Waals surface area contributed by atoms with Crippen LogP contribution in [0.25, 0.3) is 0 Å². The van der Waals surface area contributed by atoms with Gasteiger partial charge in [-0.3, -0.25) is 4.79 Å². The summed E-state index contributed by atoms with van der Waals surface area (Å²) in [4.78, 5) is 20.8. The van der Waals surface area contributed by atoms with E-state index in [-0.39, 0.29) is 11.6 Å². The monoisotopic (exact) mass is 396 g/mol. The Balaban J connectivity index is 1.50. The van der Waals surface area contributed by atoms with E-state index in [9.17, 15) is 4.79 Å². The molecular weight excluding hydrogens is 380 g/mol. The molecule has 28 heavy (non-hydrogen) atoms. The lowest BCUT2D eigenvalue weighted by Gasteiger charge is -2.19. The molecule has 7 nitrogen and oxygen atoms in total. The van der Waals surface area contributed by atoms with Crippen molar-refractivity contribution in [1.82, 2.24) is 9.97 Å². The van der Waals surface area contributed by atoms with Gasteiger partial charge in [-0.15, -0.1) is 0 Å². The van der Waals surface area contributed by atoms with Gasteiger partial charge in [-0.1, -0.05) is 11.6 Å². The van der Waals surface area contributed by atoms with Gasteiger partial charge in [0.25, 0.3) is 5.91 Å². The van der Waals surface area contributed by atoms with Gasteiger partial charge in [0.05, 0.1) is 0 Å². The number of ether oxygens (including phenoxy) is 2. The van der Waals surface area contributed by atoms with Crippen LogP contribution in [-0.2, 0) is 0 Å². The summed E-state index contributed by atoms with van der Waals surface area (Å²) < 4.78 is 11.1. The molecule has 1 aliphatic heterocycles. The van der Waals surface area contributed by atoms with Crippen molar-refractivity contribution in [1.29, 1.82) is 0 Å². The lowest BCUT2D eigenvalue weighted by Crippen LogP contribution is -2.15. The average Bonchev–Trinajstić information content (AvgIpc) is 2.70. The van der Waals surface area contributed by atoms with E-state index in [4.69, 9.17) is 21.1 Å². The minimum absolute atomic E-state index is 0.240. The Morgan fingerprint density at radius 2 is 1.86 bits per heavy atom. The van der Waals surface area contributed by atoms with Gasteiger partial charge in [-0.2, -0.15) is 0 Å². The van der Waals surface area contributed by atoms with E-state index in [1.807, 2.05) is 25.1 Å². The van der Waals surface area contributed by atoms with Gasteiger partial charge >= 0.3 is 0 Å². The second-order valence-corrected chi connectivity index (χ2v) is 6.62. The Morgan fingerprint density at radius 1 is 1.04 bits per heavy atom. The van der Waals surface area contributed by atoms with Crippen molar-refractivity contribution >= 4 is 34.7 Å². The lowest BCUT2D eigenvalue weighted by molar-refractivity contribution is 0.102. The Bertz CT molecular complexity index is 1040. The molecule has 0 spiro atoms. The van der Waals surface area contributed by atoms with Gasteiger partial charge in [0, 0.05) is 28.5 Å². The van der Waals surface area contributed by atoms with E-state index < -0.39 is 0 Å². The second-order valence-electron chi connectivity index (χ2n) is 6.19. The molecule has 8 heteroatoms. The first kappa shape index (κ1) is 18.1. The number of fused-ring (bicyclic) bond motifs is 1. The van der Waals surface area contributed by atoms with E-state index in [1.165, 1.54) is 6.33 Å². The van der Waals surface area contributed by atoms with E-state index >= 15 is 0 Å². The highest BCUT2D eigenvalue weighted by Gasteiger charge is 2.14. The molecule has 2 aromatic carbocycles. The topological polar surface area (TPSA) is 85.4 Å². The molecule has 0 radical (unpaired) electrons. The van der Waals surface area contributed by atoms with Crippen molar-refractivity contribution in [3.63, 3.8) is 0 Å². The summed E-state index contributed by atoms with van der Waals surface area (Å²) >= 11 is 5.95. The lowest BCUT2D eigenvalue weighted by atomic mass is 10.2. The molecule has 2 heterocycles. The average molecular weight is 397 g/mol. The number of benzene rings is 2. The fourth-order valence-electron chi connectivity index (χ4n) is 2.77. The maximum Gasteiger partial charge on any atom is 0.274 e. The normalized spacial score (nSPS) is 12.4. The van der Waals surface area contributed by atoms with E-state index in [1.54, 1.807) is 24.3 Å². The quantitative estimate of drug-likeness (QED) is 0.687. The van der Waals surface area contributed by atoms with Crippen LogP contribution in [0.3, 0.4) is 0 Å². The van der Waals surface area contributed by atoms with Crippen LogP contribution in [0.2, 0.25) is 5.02 Å². The van der Waals surface area contributed by atoms with Crippen LogP contribution >= 0.6 is 11.6 Å². The molecule has 1 aromatic heterocycles. The van der Waals surface area contributed by atoms with Gasteiger partial charge in [0.1, 0.15) is 31.1 Å². The first-order chi connectivity index (χ1) is 13.6. The number of nitrogens with one attached hydrogen (secondary N) is 2. The van der Waals surface area contributed by atoms with Crippen molar-refractivity contribution in [2.45, 2.75) is 6.92 Å². The molecule has 3 aromatic rings. The summed E-state index contributed by atoms with van der Waals surface area (Å²) in [7, 11) is 0. The Kier molecular flexibility index (Phi) is 4.99. The van der Waals surface area contributed by atoms with Crippen LogP contribution in [0.4, 0.5) is 17.2 Å². The standard InChI is InChI=1S/C20H17ClN4O3/c1-12-8-13(21)2-4-15(12)25-20(26)16-10-19(23-11-22-16)24-14-3-5-17-18(9-14)28-7-6-27-17/h2-5,8-11H,6-7H2,1H3,(H,25,26)(H,22,23,24). The van der Waals surface area contributed by atoms with Crippen LogP contribution in [0.1, 0.15) is 16.1 Å². The highest BCUT2D eigenvalue weighted by atomic mass is 35.5. The number of carbonyl (C=O) groups is 1. The third-order valence-corrected chi connectivity index (χ3v) is 4.39. The molecule has 0 atom stereocenters. The summed E-state index contributed by atoms with van der Waals surface area (Å²) in [6, 6.07) is 12.3. The minimum Gasteiger partial charge on any atom is -0.486 e. The van der Waals surface area contributed by atoms with Crippen LogP contribution < -0.4 is 20.1 Å². The van der Waals surface area contributed by atoms with Gasteiger partial charge < -0.3 is 20.1 Å². The van der Waals surface area contributed by atoms with Crippen molar-refractivity contribution in [2.75, 3.05) is 23.8 Å². The molecule has 2 N–H and O–H groups in total. The van der Waals surface area contributed by atoms with E-state index in [0.717, 1.165) is 11.3 Å². The molecule has 1 aliphatic rings. The predicted octanol–water partition coefficient (Wildman–Crippen LogP) is 4.21. The third-order valence-electron chi connectivity index (χ3n) is 4.15. The molecule has 4 rings (SSSR count). The number of hydrogen-bond donors (Lipinski definition) is 2. The molecule has 0 saturated carbocycles.